The van der Waals surface area contributed by atoms with Gasteiger partial charge in [-0.25, -0.2) is 0 Å². The molecular weight excluding hydrogens is 421 g/mol. The van der Waals surface area contributed by atoms with E-state index in [1.54, 1.807) is 0 Å². The van der Waals surface area contributed by atoms with Gasteiger partial charge in [-0.1, -0.05) is 77.3 Å². The maximum absolute atomic E-state index is 12.6. The lowest BCUT2D eigenvalue weighted by Crippen LogP contribution is -2.34. The van der Waals surface area contributed by atoms with Gasteiger partial charge in [0.15, 0.2) is 0 Å². The molecule has 1 aliphatic carbocycles. The fraction of sp³-hybridized carbons (Fsp3) is 0.238. The third-order valence-electron chi connectivity index (χ3n) is 4.71. The molecule has 1 aliphatic rings. The number of ether oxygens (including phenoxy) is 1. The van der Waals surface area contributed by atoms with E-state index in [9.17, 15) is 9.59 Å². The Morgan fingerprint density at radius 2 is 1.71 bits per heavy atom. The van der Waals surface area contributed by atoms with Crippen LogP contribution in [0.25, 0.3) is 0 Å². The first-order chi connectivity index (χ1) is 13.4. The molecule has 0 spiro atoms. The smallest absolute Gasteiger partial charge is 0.313 e. The first-order valence-corrected chi connectivity index (χ1v) is 9.80. The molecule has 0 heterocycles. The van der Waals surface area contributed by atoms with Crippen molar-refractivity contribution >= 4 is 46.7 Å². The SMILES string of the molecule is COC(=O)[C@H](c1ccccc1)[C@H]1C=C[C@@H](NC(=O)c2c(Cl)cc(Cl)cc2Cl)C1. The minimum atomic E-state index is -0.438. The fourth-order valence-electron chi connectivity index (χ4n) is 3.43. The molecule has 1 amide bonds. The Labute approximate surface area is 178 Å². The highest BCUT2D eigenvalue weighted by Gasteiger charge is 2.34. The van der Waals surface area contributed by atoms with E-state index in [0.717, 1.165) is 5.56 Å². The fourth-order valence-corrected chi connectivity index (χ4v) is 4.42. The maximum atomic E-state index is 12.6. The predicted molar refractivity (Wildman–Crippen MR) is 111 cm³/mol. The number of benzene rings is 2. The van der Waals surface area contributed by atoms with Gasteiger partial charge in [0.25, 0.3) is 5.91 Å². The Balaban J connectivity index is 1.74. The van der Waals surface area contributed by atoms with E-state index >= 15 is 0 Å². The van der Waals surface area contributed by atoms with Crippen LogP contribution in [0.4, 0.5) is 0 Å². The highest BCUT2D eigenvalue weighted by molar-refractivity contribution is 6.42. The minimum absolute atomic E-state index is 0.101. The Morgan fingerprint density at radius 3 is 2.32 bits per heavy atom. The summed E-state index contributed by atoms with van der Waals surface area (Å²) in [4.78, 5) is 25.0. The van der Waals surface area contributed by atoms with Crippen LogP contribution in [0, 0.1) is 5.92 Å². The lowest BCUT2D eigenvalue weighted by molar-refractivity contribution is -0.143. The first-order valence-electron chi connectivity index (χ1n) is 8.67. The van der Waals surface area contributed by atoms with Crippen LogP contribution < -0.4 is 5.32 Å². The van der Waals surface area contributed by atoms with Crippen LogP contribution in [-0.4, -0.2) is 25.0 Å². The summed E-state index contributed by atoms with van der Waals surface area (Å²) in [5.74, 6) is -1.24. The maximum Gasteiger partial charge on any atom is 0.313 e. The van der Waals surface area contributed by atoms with Gasteiger partial charge in [-0.05, 0) is 30.0 Å². The molecule has 0 unspecified atom stereocenters. The van der Waals surface area contributed by atoms with Gasteiger partial charge in [0.05, 0.1) is 28.6 Å². The largest absolute Gasteiger partial charge is 0.469 e. The number of carbonyl (C=O) groups excluding carboxylic acids is 2. The van der Waals surface area contributed by atoms with Crippen LogP contribution in [0.5, 0.6) is 0 Å². The molecule has 1 N–H and O–H groups in total. The van der Waals surface area contributed by atoms with E-state index < -0.39 is 11.8 Å². The van der Waals surface area contributed by atoms with Gasteiger partial charge in [0.2, 0.25) is 0 Å². The zero-order valence-corrected chi connectivity index (χ0v) is 17.3. The van der Waals surface area contributed by atoms with Crippen molar-refractivity contribution < 1.29 is 14.3 Å². The van der Waals surface area contributed by atoms with Crippen molar-refractivity contribution in [3.8, 4) is 0 Å². The summed E-state index contributed by atoms with van der Waals surface area (Å²) in [5, 5.41) is 3.63. The topological polar surface area (TPSA) is 55.4 Å². The van der Waals surface area contributed by atoms with Crippen LogP contribution in [0.3, 0.4) is 0 Å². The van der Waals surface area contributed by atoms with Crippen LogP contribution in [-0.2, 0) is 9.53 Å². The van der Waals surface area contributed by atoms with Gasteiger partial charge < -0.3 is 10.1 Å². The van der Waals surface area contributed by atoms with E-state index in [1.165, 1.54) is 19.2 Å². The molecule has 3 rings (SSSR count). The molecule has 0 bridgehead atoms. The molecule has 0 saturated heterocycles. The van der Waals surface area contributed by atoms with Crippen molar-refractivity contribution in [1.82, 2.24) is 5.32 Å². The van der Waals surface area contributed by atoms with Crippen molar-refractivity contribution in [3.63, 3.8) is 0 Å². The highest BCUT2D eigenvalue weighted by atomic mass is 35.5. The predicted octanol–water partition coefficient (Wildman–Crippen LogP) is 5.28. The van der Waals surface area contributed by atoms with Crippen LogP contribution >= 0.6 is 34.8 Å². The first kappa shape index (κ1) is 20.7. The summed E-state index contributed by atoms with van der Waals surface area (Å²) >= 11 is 18.1. The zero-order valence-electron chi connectivity index (χ0n) is 15.0. The molecule has 0 aliphatic heterocycles. The second kappa shape index (κ2) is 8.99. The number of rotatable bonds is 5. The number of methoxy groups -OCH3 is 1. The Bertz CT molecular complexity index is 891. The van der Waals surface area contributed by atoms with Gasteiger partial charge in [-0.15, -0.1) is 0 Å². The minimum Gasteiger partial charge on any atom is -0.469 e. The van der Waals surface area contributed by atoms with E-state index in [1.807, 2.05) is 42.5 Å². The summed E-state index contributed by atoms with van der Waals surface area (Å²) in [6, 6.07) is 12.1. The van der Waals surface area contributed by atoms with Gasteiger partial charge in [-0.2, -0.15) is 0 Å². The molecule has 28 heavy (non-hydrogen) atoms. The van der Waals surface area contributed by atoms with E-state index in [-0.39, 0.29) is 33.5 Å². The average molecular weight is 439 g/mol. The molecular formula is C21H18Cl3NO3. The summed E-state index contributed by atoms with van der Waals surface area (Å²) < 4.78 is 5.00. The van der Waals surface area contributed by atoms with Crippen LogP contribution in [0.1, 0.15) is 28.3 Å². The van der Waals surface area contributed by atoms with Gasteiger partial charge in [-0.3, -0.25) is 9.59 Å². The number of halogens is 3. The number of hydrogen-bond acceptors (Lipinski definition) is 3. The van der Waals surface area contributed by atoms with Crippen molar-refractivity contribution in [1.29, 1.82) is 0 Å². The van der Waals surface area contributed by atoms with Crippen molar-refractivity contribution in [2.75, 3.05) is 7.11 Å². The number of nitrogens with one attached hydrogen (secondary N) is 1. The van der Waals surface area contributed by atoms with E-state index in [2.05, 4.69) is 5.32 Å². The molecule has 0 fully saturated rings. The average Bonchev–Trinajstić information content (AvgIpc) is 3.09. The lowest BCUT2D eigenvalue weighted by Gasteiger charge is -2.22. The van der Waals surface area contributed by atoms with Crippen molar-refractivity contribution in [2.24, 2.45) is 5.92 Å². The molecule has 2 aromatic rings. The summed E-state index contributed by atoms with van der Waals surface area (Å²) in [6.45, 7) is 0. The van der Waals surface area contributed by atoms with Crippen molar-refractivity contribution in [3.05, 3.63) is 80.8 Å². The van der Waals surface area contributed by atoms with E-state index in [4.69, 9.17) is 39.5 Å². The van der Waals surface area contributed by atoms with Crippen molar-refractivity contribution in [2.45, 2.75) is 18.4 Å². The monoisotopic (exact) mass is 437 g/mol. The van der Waals surface area contributed by atoms with Gasteiger partial charge in [0.1, 0.15) is 0 Å². The lowest BCUT2D eigenvalue weighted by atomic mass is 9.85. The quantitative estimate of drug-likeness (QED) is 0.510. The normalized spacial score (nSPS) is 19.3. The standard InChI is InChI=1S/C21H18Cl3NO3/c1-28-21(27)18(12-5-3-2-4-6-12)13-7-8-15(9-13)25-20(26)19-16(23)10-14(22)11-17(19)24/h2-8,10-11,13,15,18H,9H2,1H3,(H,25,26)/t13-,15+,18+/m0/s1. The second-order valence-corrected chi connectivity index (χ2v) is 7.77. The highest BCUT2D eigenvalue weighted by Crippen LogP contribution is 2.35. The molecule has 0 saturated carbocycles. The zero-order chi connectivity index (χ0) is 20.3. The Kier molecular flexibility index (Phi) is 6.65. The molecule has 4 nitrogen and oxygen atoms in total. The van der Waals surface area contributed by atoms with Gasteiger partial charge in [0, 0.05) is 11.1 Å². The third kappa shape index (κ3) is 4.52. The van der Waals surface area contributed by atoms with Crippen LogP contribution in [0.15, 0.2) is 54.6 Å². The second-order valence-electron chi connectivity index (χ2n) is 6.52. The number of esters is 1. The third-order valence-corrected chi connectivity index (χ3v) is 5.52. The molecule has 7 heteroatoms. The molecule has 2 aromatic carbocycles. The molecule has 0 aromatic heterocycles. The molecule has 3 atom stereocenters. The summed E-state index contributed by atoms with van der Waals surface area (Å²) in [7, 11) is 1.38. The Morgan fingerprint density at radius 1 is 1.07 bits per heavy atom. The number of hydrogen-bond donors (Lipinski definition) is 1. The number of amides is 1. The number of allylic oxidation sites excluding steroid dienone is 1. The van der Waals surface area contributed by atoms with E-state index in [0.29, 0.717) is 11.4 Å². The summed E-state index contributed by atoms with van der Waals surface area (Å²) in [5.41, 5.74) is 1.05. The summed E-state index contributed by atoms with van der Waals surface area (Å²) in [6.07, 6.45) is 4.37. The Hall–Kier alpha value is -2.01. The molecule has 146 valence electrons. The van der Waals surface area contributed by atoms with Crippen LogP contribution in [0.2, 0.25) is 15.1 Å². The molecule has 0 radical (unpaired) electrons. The van der Waals surface area contributed by atoms with Gasteiger partial charge >= 0.3 is 5.97 Å². The number of carbonyl (C=O) groups is 2.